The fourth-order valence-electron chi connectivity index (χ4n) is 2.08. The van der Waals surface area contributed by atoms with Crippen molar-refractivity contribution in [1.82, 2.24) is 9.55 Å². The monoisotopic (exact) mass is 402 g/mol. The normalized spacial score (nSPS) is 11.0. The second-order valence-electron chi connectivity index (χ2n) is 4.45. The van der Waals surface area contributed by atoms with Crippen molar-refractivity contribution in [1.29, 1.82) is 0 Å². The Morgan fingerprint density at radius 3 is 2.55 bits per heavy atom. The van der Waals surface area contributed by atoms with Crippen LogP contribution in [-0.4, -0.2) is 9.55 Å². The molecule has 2 nitrogen and oxygen atoms in total. The van der Waals surface area contributed by atoms with Crippen molar-refractivity contribution in [2.75, 3.05) is 0 Å². The molecule has 1 aromatic heterocycles. The smallest absolute Gasteiger partial charge is 0.182 e. The van der Waals surface area contributed by atoms with E-state index in [1.807, 2.05) is 0 Å². The van der Waals surface area contributed by atoms with Crippen LogP contribution in [0.3, 0.4) is 0 Å². The Hall–Kier alpha value is -1.43. The van der Waals surface area contributed by atoms with Crippen LogP contribution in [0.25, 0.3) is 16.9 Å². The van der Waals surface area contributed by atoms with E-state index in [-0.39, 0.29) is 15.7 Å². The number of rotatable bonds is 2. The topological polar surface area (TPSA) is 17.8 Å². The van der Waals surface area contributed by atoms with Gasteiger partial charge in [-0.05, 0) is 46.3 Å². The highest BCUT2D eigenvalue weighted by molar-refractivity contribution is 9.10. The van der Waals surface area contributed by atoms with Crippen LogP contribution in [-0.2, 0) is 0 Å². The zero-order valence-electron chi connectivity index (χ0n) is 10.8. The second-order valence-corrected chi connectivity index (χ2v) is 5.97. The summed E-state index contributed by atoms with van der Waals surface area (Å²) in [6.45, 7) is 0. The minimum absolute atomic E-state index is 0.00110. The average Bonchev–Trinajstić information content (AvgIpc) is 2.87. The first-order valence-electron chi connectivity index (χ1n) is 6.12. The SMILES string of the molecule is Fc1ccc(-c2cnc(Br)n2-c2cccc(Cl)c2F)cc1Cl. The molecule has 7 heteroatoms. The molecule has 3 rings (SSSR count). The van der Waals surface area contributed by atoms with E-state index >= 15 is 0 Å². The van der Waals surface area contributed by atoms with Gasteiger partial charge >= 0.3 is 0 Å². The first kappa shape index (κ1) is 15.5. The first-order chi connectivity index (χ1) is 10.5. The van der Waals surface area contributed by atoms with Crippen LogP contribution < -0.4 is 0 Å². The molecule has 0 bridgehead atoms. The lowest BCUT2D eigenvalue weighted by molar-refractivity contribution is 0.617. The summed E-state index contributed by atoms with van der Waals surface area (Å²) in [7, 11) is 0. The molecule has 0 saturated carbocycles. The van der Waals surface area contributed by atoms with Gasteiger partial charge in [-0.1, -0.05) is 29.3 Å². The Morgan fingerprint density at radius 2 is 1.82 bits per heavy atom. The zero-order valence-corrected chi connectivity index (χ0v) is 13.9. The summed E-state index contributed by atoms with van der Waals surface area (Å²) >= 11 is 14.9. The van der Waals surface area contributed by atoms with Gasteiger partial charge in [-0.3, -0.25) is 4.57 Å². The molecule has 0 N–H and O–H groups in total. The zero-order chi connectivity index (χ0) is 15.9. The van der Waals surface area contributed by atoms with Gasteiger partial charge in [0.15, 0.2) is 10.6 Å². The van der Waals surface area contributed by atoms with Gasteiger partial charge in [-0.25, -0.2) is 13.8 Å². The maximum absolute atomic E-state index is 14.3. The highest BCUT2D eigenvalue weighted by Gasteiger charge is 2.17. The minimum Gasteiger partial charge on any atom is -0.284 e. The van der Waals surface area contributed by atoms with Crippen LogP contribution in [0.15, 0.2) is 47.3 Å². The number of aromatic nitrogens is 2. The molecule has 3 aromatic rings. The third kappa shape index (κ3) is 2.64. The number of hydrogen-bond donors (Lipinski definition) is 0. The predicted octanol–water partition coefficient (Wildman–Crippen LogP) is 5.89. The van der Waals surface area contributed by atoms with Gasteiger partial charge in [0.25, 0.3) is 0 Å². The van der Waals surface area contributed by atoms with E-state index in [1.54, 1.807) is 18.2 Å². The third-order valence-corrected chi connectivity index (χ3v) is 4.25. The lowest BCUT2D eigenvalue weighted by Gasteiger charge is -2.12. The molecule has 0 fully saturated rings. The van der Waals surface area contributed by atoms with Crippen LogP contribution >= 0.6 is 39.1 Å². The molecule has 0 spiro atoms. The molecule has 0 radical (unpaired) electrons. The Balaban J connectivity index is 2.24. The molecule has 0 saturated heterocycles. The van der Waals surface area contributed by atoms with Crippen molar-refractivity contribution < 1.29 is 8.78 Å². The van der Waals surface area contributed by atoms with E-state index in [2.05, 4.69) is 20.9 Å². The van der Waals surface area contributed by atoms with Crippen molar-refractivity contribution >= 4 is 39.1 Å². The summed E-state index contributed by atoms with van der Waals surface area (Å²) < 4.78 is 29.5. The number of hydrogen-bond acceptors (Lipinski definition) is 1. The third-order valence-electron chi connectivity index (χ3n) is 3.11. The molecular formula is C15H7BrCl2F2N2. The number of nitrogens with zero attached hydrogens (tertiary/aromatic N) is 2. The van der Waals surface area contributed by atoms with Crippen LogP contribution in [0.4, 0.5) is 8.78 Å². The van der Waals surface area contributed by atoms with Crippen LogP contribution in [0.2, 0.25) is 10.0 Å². The summed E-state index contributed by atoms with van der Waals surface area (Å²) in [5, 5.41) is -0.0193. The molecule has 112 valence electrons. The van der Waals surface area contributed by atoms with Crippen molar-refractivity contribution in [2.24, 2.45) is 0 Å². The maximum Gasteiger partial charge on any atom is 0.182 e. The van der Waals surface area contributed by atoms with Crippen LogP contribution in [0.1, 0.15) is 0 Å². The highest BCUT2D eigenvalue weighted by Crippen LogP contribution is 2.32. The van der Waals surface area contributed by atoms with E-state index in [0.717, 1.165) is 0 Å². The molecule has 1 heterocycles. The molecule has 0 amide bonds. The molecule has 0 unspecified atom stereocenters. The summed E-state index contributed by atoms with van der Waals surface area (Å²) in [4.78, 5) is 4.13. The van der Waals surface area contributed by atoms with E-state index < -0.39 is 11.6 Å². The second kappa shape index (κ2) is 5.99. The van der Waals surface area contributed by atoms with E-state index in [4.69, 9.17) is 23.2 Å². The quantitative estimate of drug-likeness (QED) is 0.521. The van der Waals surface area contributed by atoms with E-state index in [9.17, 15) is 8.78 Å². The van der Waals surface area contributed by atoms with Crippen molar-refractivity contribution in [3.63, 3.8) is 0 Å². The highest BCUT2D eigenvalue weighted by atomic mass is 79.9. The Kier molecular flexibility index (Phi) is 4.21. The molecule has 0 aliphatic heterocycles. The molecule has 2 aromatic carbocycles. The van der Waals surface area contributed by atoms with Crippen LogP contribution in [0.5, 0.6) is 0 Å². The van der Waals surface area contributed by atoms with Gasteiger partial charge in [-0.15, -0.1) is 0 Å². The molecule has 0 aliphatic carbocycles. The van der Waals surface area contributed by atoms with E-state index in [1.165, 1.54) is 29.0 Å². The van der Waals surface area contributed by atoms with Gasteiger partial charge in [0.05, 0.1) is 27.6 Å². The number of imidazole rings is 1. The Bertz CT molecular complexity index is 865. The average molecular weight is 404 g/mol. The van der Waals surface area contributed by atoms with Crippen molar-refractivity contribution in [3.05, 3.63) is 69.0 Å². The van der Waals surface area contributed by atoms with E-state index in [0.29, 0.717) is 16.0 Å². The summed E-state index contributed by atoms with van der Waals surface area (Å²) in [6.07, 6.45) is 1.54. The molecular weight excluding hydrogens is 397 g/mol. The molecule has 0 atom stereocenters. The van der Waals surface area contributed by atoms with Gasteiger partial charge in [-0.2, -0.15) is 0 Å². The fraction of sp³-hybridized carbons (Fsp3) is 0. The first-order valence-corrected chi connectivity index (χ1v) is 7.67. The number of benzene rings is 2. The lowest BCUT2D eigenvalue weighted by atomic mass is 10.1. The molecule has 0 aliphatic rings. The Labute approximate surface area is 143 Å². The standard InChI is InChI=1S/C15H7BrCl2F2N2/c16-15-21-7-13(8-4-5-11(19)10(18)6-8)22(15)12-3-1-2-9(17)14(12)20/h1-7H. The Morgan fingerprint density at radius 1 is 1.05 bits per heavy atom. The van der Waals surface area contributed by atoms with Gasteiger partial charge in [0.2, 0.25) is 0 Å². The minimum atomic E-state index is -0.572. The van der Waals surface area contributed by atoms with Crippen molar-refractivity contribution in [3.8, 4) is 16.9 Å². The maximum atomic E-state index is 14.3. The van der Waals surface area contributed by atoms with Crippen LogP contribution in [0, 0.1) is 11.6 Å². The lowest BCUT2D eigenvalue weighted by Crippen LogP contribution is -2.01. The number of halogens is 5. The summed E-state index contributed by atoms with van der Waals surface area (Å²) in [5.41, 5.74) is 1.38. The fourth-order valence-corrected chi connectivity index (χ4v) is 2.92. The van der Waals surface area contributed by atoms with Gasteiger partial charge in [0, 0.05) is 5.56 Å². The largest absolute Gasteiger partial charge is 0.284 e. The molecule has 22 heavy (non-hydrogen) atoms. The van der Waals surface area contributed by atoms with Gasteiger partial charge < -0.3 is 0 Å². The summed E-state index contributed by atoms with van der Waals surface area (Å²) in [5.74, 6) is -1.10. The predicted molar refractivity (Wildman–Crippen MR) is 86.6 cm³/mol. The van der Waals surface area contributed by atoms with Gasteiger partial charge in [0.1, 0.15) is 5.82 Å². The summed E-state index contributed by atoms with van der Waals surface area (Å²) in [6, 6.07) is 8.91. The van der Waals surface area contributed by atoms with Crippen molar-refractivity contribution in [2.45, 2.75) is 0 Å².